The molecule has 2 atom stereocenters. The molecule has 2 aromatic carbocycles. The van der Waals surface area contributed by atoms with Crippen LogP contribution in [-0.2, 0) is 16.1 Å². The third kappa shape index (κ3) is 5.91. The van der Waals surface area contributed by atoms with E-state index in [1.54, 1.807) is 29.7 Å². The van der Waals surface area contributed by atoms with Crippen LogP contribution < -0.4 is 15.4 Å². The molecule has 4 rings (SSSR count). The van der Waals surface area contributed by atoms with E-state index in [0.29, 0.717) is 10.7 Å². The monoisotopic (exact) mass is 523 g/mol. The van der Waals surface area contributed by atoms with Gasteiger partial charge in [-0.2, -0.15) is 0 Å². The molecule has 12 heteroatoms. The summed E-state index contributed by atoms with van der Waals surface area (Å²) in [6, 6.07) is 8.85. The van der Waals surface area contributed by atoms with Gasteiger partial charge < -0.3 is 10.6 Å². The Bertz CT molecular complexity index is 1190. The third-order valence-corrected chi connectivity index (χ3v) is 7.41. The fourth-order valence-corrected chi connectivity index (χ4v) is 5.14. The molecular weight excluding hydrogens is 504 g/mol. The summed E-state index contributed by atoms with van der Waals surface area (Å²) in [6.45, 7) is 0.230. The van der Waals surface area contributed by atoms with E-state index in [4.69, 9.17) is 11.6 Å². The first-order chi connectivity index (χ1) is 16.3. The molecule has 1 fully saturated rings. The van der Waals surface area contributed by atoms with Crippen LogP contribution in [0.2, 0.25) is 5.02 Å². The largest absolute Gasteiger partial charge is 0.348 e. The number of anilines is 1. The highest BCUT2D eigenvalue weighted by atomic mass is 35.5. The van der Waals surface area contributed by atoms with E-state index in [1.165, 1.54) is 41.7 Å². The molecule has 178 valence electrons. The molecule has 1 aromatic heterocycles. The molecule has 2 unspecified atom stereocenters. The van der Waals surface area contributed by atoms with Gasteiger partial charge in [0.15, 0.2) is 0 Å². The smallest absolute Gasteiger partial charge is 0.242 e. The van der Waals surface area contributed by atoms with Crippen molar-refractivity contribution in [1.82, 2.24) is 19.3 Å². The van der Waals surface area contributed by atoms with Crippen molar-refractivity contribution < 1.29 is 18.4 Å². The first kappa shape index (κ1) is 24.6. The number of halogens is 3. The van der Waals surface area contributed by atoms with Crippen molar-refractivity contribution in [1.29, 1.82) is 0 Å². The number of amides is 2. The first-order valence-electron chi connectivity index (χ1n) is 10.2. The maximum absolute atomic E-state index is 13.4. The summed E-state index contributed by atoms with van der Waals surface area (Å²) >= 11 is 8.35. The maximum Gasteiger partial charge on any atom is 0.242 e. The lowest BCUT2D eigenvalue weighted by molar-refractivity contribution is -0.124. The fourth-order valence-electron chi connectivity index (χ4n) is 3.29. The summed E-state index contributed by atoms with van der Waals surface area (Å²) in [6.07, 6.45) is 1.92. The van der Waals surface area contributed by atoms with E-state index in [-0.39, 0.29) is 35.6 Å². The highest BCUT2D eigenvalue weighted by molar-refractivity contribution is 7.95. The molecule has 0 spiro atoms. The summed E-state index contributed by atoms with van der Waals surface area (Å²) in [7, 11) is 1.74. The Hall–Kier alpha value is -2.57. The van der Waals surface area contributed by atoms with Gasteiger partial charge in [-0.15, -0.1) is 11.3 Å². The molecule has 2 amide bonds. The number of aromatic nitrogens is 1. The maximum atomic E-state index is 13.4. The van der Waals surface area contributed by atoms with Gasteiger partial charge in [0.1, 0.15) is 22.7 Å². The standard InChI is InChI=1S/C22H20ClF2N5O2S2/c1-30-18(22(32)28-14-6-7-16(25)15(23)8-14)9-17(29-34-30)21(31)27-11-20-26-10-19(33-20)12-2-4-13(24)5-3-12/h2-8,10,17-18,29H,9,11H2,1H3,(H,27,31)(H,28,32). The van der Waals surface area contributed by atoms with E-state index in [9.17, 15) is 18.4 Å². The number of carbonyl (C=O) groups excluding carboxylic acids is 2. The minimum absolute atomic E-state index is 0.0899. The average molecular weight is 524 g/mol. The summed E-state index contributed by atoms with van der Waals surface area (Å²) < 4.78 is 31.2. The lowest BCUT2D eigenvalue weighted by Crippen LogP contribution is -2.53. The number of likely N-dealkylation sites (N-methyl/N-ethyl adjacent to an activating group) is 1. The molecule has 7 nitrogen and oxygen atoms in total. The Balaban J connectivity index is 1.33. The molecule has 0 bridgehead atoms. The number of carbonyl (C=O) groups is 2. The van der Waals surface area contributed by atoms with Gasteiger partial charge >= 0.3 is 0 Å². The summed E-state index contributed by atoms with van der Waals surface area (Å²) in [5, 5.41) is 6.17. The van der Waals surface area contributed by atoms with E-state index in [0.717, 1.165) is 22.6 Å². The van der Waals surface area contributed by atoms with Crippen LogP contribution in [0.4, 0.5) is 14.5 Å². The Morgan fingerprint density at radius 3 is 2.71 bits per heavy atom. The lowest BCUT2D eigenvalue weighted by atomic mass is 10.1. The second kappa shape index (κ2) is 10.8. The molecule has 0 radical (unpaired) electrons. The molecule has 3 aromatic rings. The van der Waals surface area contributed by atoms with Crippen molar-refractivity contribution in [3.05, 3.63) is 70.3 Å². The zero-order valence-electron chi connectivity index (χ0n) is 17.8. The minimum atomic E-state index is -0.606. The van der Waals surface area contributed by atoms with Crippen molar-refractivity contribution in [2.75, 3.05) is 12.4 Å². The zero-order valence-corrected chi connectivity index (χ0v) is 20.2. The average Bonchev–Trinajstić information content (AvgIpc) is 3.29. The first-order valence-corrected chi connectivity index (χ1v) is 12.2. The zero-order chi connectivity index (χ0) is 24.2. The number of benzene rings is 2. The van der Waals surface area contributed by atoms with Crippen LogP contribution in [-0.4, -0.2) is 40.2 Å². The Morgan fingerprint density at radius 2 is 1.97 bits per heavy atom. The van der Waals surface area contributed by atoms with Gasteiger partial charge in [0.25, 0.3) is 0 Å². The van der Waals surface area contributed by atoms with Crippen LogP contribution >= 0.6 is 35.1 Å². The van der Waals surface area contributed by atoms with Crippen LogP contribution in [0.5, 0.6) is 0 Å². The van der Waals surface area contributed by atoms with Gasteiger partial charge in [0.2, 0.25) is 11.8 Å². The summed E-state index contributed by atoms with van der Waals surface area (Å²) in [5.74, 6) is -1.48. The van der Waals surface area contributed by atoms with Gasteiger partial charge in [-0.25, -0.2) is 22.8 Å². The minimum Gasteiger partial charge on any atom is -0.348 e. The second-order valence-corrected chi connectivity index (χ2v) is 10.0. The van der Waals surface area contributed by atoms with E-state index >= 15 is 0 Å². The van der Waals surface area contributed by atoms with Crippen LogP contribution in [0.15, 0.2) is 48.7 Å². The van der Waals surface area contributed by atoms with Gasteiger partial charge in [-0.3, -0.25) is 9.59 Å². The summed E-state index contributed by atoms with van der Waals surface area (Å²) in [4.78, 5) is 30.7. The number of hydrogen-bond donors (Lipinski definition) is 3. The molecule has 2 heterocycles. The van der Waals surface area contributed by atoms with E-state index in [1.807, 2.05) is 0 Å². The lowest BCUT2D eigenvalue weighted by Gasteiger charge is -2.34. The Labute approximate surface area is 208 Å². The molecule has 1 aliphatic heterocycles. The van der Waals surface area contributed by atoms with E-state index in [2.05, 4.69) is 20.3 Å². The third-order valence-electron chi connectivity index (χ3n) is 5.14. The van der Waals surface area contributed by atoms with Crippen LogP contribution in [0, 0.1) is 11.6 Å². The molecule has 0 aliphatic carbocycles. The van der Waals surface area contributed by atoms with E-state index < -0.39 is 17.9 Å². The van der Waals surface area contributed by atoms with Gasteiger partial charge in [-0.1, -0.05) is 23.7 Å². The number of nitrogens with zero attached hydrogens (tertiary/aromatic N) is 2. The van der Waals surface area contributed by atoms with Crippen LogP contribution in [0.25, 0.3) is 10.4 Å². The van der Waals surface area contributed by atoms with Gasteiger partial charge in [0.05, 0.1) is 22.5 Å². The predicted molar refractivity (Wildman–Crippen MR) is 130 cm³/mol. The van der Waals surface area contributed by atoms with Gasteiger partial charge in [0, 0.05) is 24.0 Å². The number of nitrogens with one attached hydrogen (secondary N) is 3. The molecular formula is C22H20ClF2N5O2S2. The molecule has 1 saturated heterocycles. The van der Waals surface area contributed by atoms with Crippen molar-refractivity contribution in [3.63, 3.8) is 0 Å². The number of hydrogen-bond acceptors (Lipinski definition) is 7. The van der Waals surface area contributed by atoms with Gasteiger partial charge in [-0.05, 0) is 49.4 Å². The number of thiazole rings is 1. The highest BCUT2D eigenvalue weighted by Gasteiger charge is 2.35. The number of rotatable bonds is 6. The summed E-state index contributed by atoms with van der Waals surface area (Å²) in [5.41, 5.74) is 1.22. The molecule has 0 saturated carbocycles. The Kier molecular flexibility index (Phi) is 7.79. The van der Waals surface area contributed by atoms with Crippen molar-refractivity contribution in [3.8, 4) is 10.4 Å². The van der Waals surface area contributed by atoms with Crippen LogP contribution in [0.1, 0.15) is 11.4 Å². The van der Waals surface area contributed by atoms with Crippen molar-refractivity contribution >= 4 is 52.6 Å². The highest BCUT2D eigenvalue weighted by Crippen LogP contribution is 2.27. The van der Waals surface area contributed by atoms with Crippen LogP contribution in [0.3, 0.4) is 0 Å². The van der Waals surface area contributed by atoms with Crippen molar-refractivity contribution in [2.45, 2.75) is 25.0 Å². The Morgan fingerprint density at radius 1 is 1.21 bits per heavy atom. The topological polar surface area (TPSA) is 86.4 Å². The second-order valence-electron chi connectivity index (χ2n) is 7.52. The van der Waals surface area contributed by atoms with Crippen molar-refractivity contribution in [2.24, 2.45) is 0 Å². The fraction of sp³-hybridized carbons (Fsp3) is 0.227. The quantitative estimate of drug-likeness (QED) is 0.419. The normalized spacial score (nSPS) is 18.5. The SMILES string of the molecule is CN1SNC(C(=O)NCc2ncc(-c3ccc(F)cc3)s2)CC1C(=O)Nc1ccc(F)c(Cl)c1. The molecule has 3 N–H and O–H groups in total. The molecule has 34 heavy (non-hydrogen) atoms. The molecule has 1 aliphatic rings. The predicted octanol–water partition coefficient (Wildman–Crippen LogP) is 4.22.